The second kappa shape index (κ2) is 5.55. The molecule has 0 radical (unpaired) electrons. The number of methoxy groups -OCH3 is 1. The smallest absolute Gasteiger partial charge is 0.411 e. The molecule has 5 heteroatoms. The molecule has 0 saturated carbocycles. The predicted molar refractivity (Wildman–Crippen MR) is 74.0 cm³/mol. The topological polar surface area (TPSA) is 64.3 Å². The SMILES string of the molecule is COC(=O)Nc1cccc(Cc2ccc(N)s2)c1. The molecule has 3 N–H and O–H groups in total. The molecule has 1 heterocycles. The lowest BCUT2D eigenvalue weighted by Gasteiger charge is -2.05. The van der Waals surface area contributed by atoms with Crippen LogP contribution in [0.3, 0.4) is 0 Å². The number of hydrogen-bond acceptors (Lipinski definition) is 4. The lowest BCUT2D eigenvalue weighted by molar-refractivity contribution is 0.187. The van der Waals surface area contributed by atoms with Crippen LogP contribution in [0.1, 0.15) is 10.4 Å². The minimum absolute atomic E-state index is 0.465. The van der Waals surface area contributed by atoms with E-state index < -0.39 is 6.09 Å². The summed E-state index contributed by atoms with van der Waals surface area (Å²) in [4.78, 5) is 12.3. The van der Waals surface area contributed by atoms with Crippen LogP contribution in [0, 0.1) is 0 Å². The number of anilines is 2. The third-order valence-corrected chi connectivity index (χ3v) is 3.33. The van der Waals surface area contributed by atoms with Crippen molar-refractivity contribution in [2.75, 3.05) is 18.2 Å². The lowest BCUT2D eigenvalue weighted by Crippen LogP contribution is -2.10. The molecule has 4 nitrogen and oxygen atoms in total. The van der Waals surface area contributed by atoms with Crippen LogP contribution in [0.15, 0.2) is 36.4 Å². The monoisotopic (exact) mass is 262 g/mol. The maximum Gasteiger partial charge on any atom is 0.411 e. The van der Waals surface area contributed by atoms with E-state index in [9.17, 15) is 4.79 Å². The third kappa shape index (κ3) is 3.24. The Morgan fingerprint density at radius 3 is 2.89 bits per heavy atom. The number of hydrogen-bond donors (Lipinski definition) is 2. The van der Waals surface area contributed by atoms with Crippen molar-refractivity contribution in [3.8, 4) is 0 Å². The molecule has 0 saturated heterocycles. The minimum Gasteiger partial charge on any atom is -0.453 e. The predicted octanol–water partition coefficient (Wildman–Crippen LogP) is 3.10. The fourth-order valence-electron chi connectivity index (χ4n) is 1.62. The highest BCUT2D eigenvalue weighted by Gasteiger charge is 2.03. The minimum atomic E-state index is -0.465. The van der Waals surface area contributed by atoms with Crippen LogP contribution in [0.5, 0.6) is 0 Å². The van der Waals surface area contributed by atoms with E-state index in [1.54, 1.807) is 11.3 Å². The van der Waals surface area contributed by atoms with Gasteiger partial charge in [-0.05, 0) is 29.8 Å². The molecule has 2 aromatic rings. The van der Waals surface area contributed by atoms with E-state index in [1.165, 1.54) is 12.0 Å². The summed E-state index contributed by atoms with van der Waals surface area (Å²) < 4.78 is 4.55. The van der Waals surface area contributed by atoms with Crippen molar-refractivity contribution < 1.29 is 9.53 Å². The number of nitrogens with two attached hydrogens (primary N) is 1. The Kier molecular flexibility index (Phi) is 3.84. The zero-order valence-corrected chi connectivity index (χ0v) is 10.8. The van der Waals surface area contributed by atoms with Crippen molar-refractivity contribution in [3.05, 3.63) is 46.8 Å². The number of carbonyl (C=O) groups is 1. The van der Waals surface area contributed by atoms with Gasteiger partial charge in [-0.15, -0.1) is 11.3 Å². The zero-order valence-electron chi connectivity index (χ0n) is 9.97. The van der Waals surface area contributed by atoms with Gasteiger partial charge < -0.3 is 10.5 Å². The van der Waals surface area contributed by atoms with Crippen molar-refractivity contribution in [2.24, 2.45) is 0 Å². The van der Waals surface area contributed by atoms with E-state index in [0.717, 1.165) is 22.7 Å². The molecule has 0 aliphatic carbocycles. The maximum absolute atomic E-state index is 11.1. The van der Waals surface area contributed by atoms with Crippen molar-refractivity contribution in [3.63, 3.8) is 0 Å². The van der Waals surface area contributed by atoms with Gasteiger partial charge >= 0.3 is 6.09 Å². The Morgan fingerprint density at radius 2 is 2.22 bits per heavy atom. The average Bonchev–Trinajstić information content (AvgIpc) is 2.75. The van der Waals surface area contributed by atoms with E-state index in [-0.39, 0.29) is 0 Å². The molecular weight excluding hydrogens is 248 g/mol. The van der Waals surface area contributed by atoms with E-state index in [1.807, 2.05) is 36.4 Å². The Morgan fingerprint density at radius 1 is 1.39 bits per heavy atom. The van der Waals surface area contributed by atoms with Gasteiger partial charge in [-0.1, -0.05) is 12.1 Å². The highest BCUT2D eigenvalue weighted by atomic mass is 32.1. The number of carbonyl (C=O) groups excluding carboxylic acids is 1. The first kappa shape index (κ1) is 12.4. The second-order valence-corrected chi connectivity index (χ2v) is 5.00. The number of nitrogen functional groups attached to an aromatic ring is 1. The van der Waals surface area contributed by atoms with Crippen LogP contribution in [0.25, 0.3) is 0 Å². The van der Waals surface area contributed by atoms with E-state index in [4.69, 9.17) is 5.73 Å². The van der Waals surface area contributed by atoms with Gasteiger partial charge in [-0.25, -0.2) is 4.79 Å². The van der Waals surface area contributed by atoms with Crippen LogP contribution < -0.4 is 11.1 Å². The van der Waals surface area contributed by atoms with Crippen molar-refractivity contribution in [1.29, 1.82) is 0 Å². The fourth-order valence-corrected chi connectivity index (χ4v) is 2.43. The summed E-state index contributed by atoms with van der Waals surface area (Å²) in [5, 5.41) is 3.45. The standard InChI is InChI=1S/C13H14N2O2S/c1-17-13(16)15-10-4-2-3-9(7-10)8-11-5-6-12(14)18-11/h2-7H,8,14H2,1H3,(H,15,16). The molecule has 0 aliphatic rings. The molecule has 0 spiro atoms. The Hall–Kier alpha value is -2.01. The van der Waals surface area contributed by atoms with Crippen molar-refractivity contribution >= 4 is 28.1 Å². The summed E-state index contributed by atoms with van der Waals surface area (Å²) in [7, 11) is 1.34. The number of benzene rings is 1. The molecule has 0 aliphatic heterocycles. The summed E-state index contributed by atoms with van der Waals surface area (Å²) in [5.41, 5.74) is 7.53. The van der Waals surface area contributed by atoms with Crippen molar-refractivity contribution in [1.82, 2.24) is 0 Å². The molecule has 0 atom stereocenters. The molecule has 94 valence electrons. The first-order valence-electron chi connectivity index (χ1n) is 5.45. The van der Waals surface area contributed by atoms with Crippen LogP contribution >= 0.6 is 11.3 Å². The first-order chi connectivity index (χ1) is 8.67. The van der Waals surface area contributed by atoms with Crippen LogP contribution in [0.2, 0.25) is 0 Å². The largest absolute Gasteiger partial charge is 0.453 e. The number of nitrogens with one attached hydrogen (secondary N) is 1. The van der Waals surface area contributed by atoms with Gasteiger partial charge in [-0.3, -0.25) is 5.32 Å². The quantitative estimate of drug-likeness (QED) is 0.893. The van der Waals surface area contributed by atoms with Gasteiger partial charge in [0, 0.05) is 17.0 Å². The highest BCUT2D eigenvalue weighted by molar-refractivity contribution is 7.15. The summed E-state index contributed by atoms with van der Waals surface area (Å²) in [5.74, 6) is 0. The van der Waals surface area contributed by atoms with Gasteiger partial charge in [0.05, 0.1) is 12.1 Å². The summed E-state index contributed by atoms with van der Waals surface area (Å²) in [6, 6.07) is 11.6. The molecule has 1 aromatic heterocycles. The molecule has 0 unspecified atom stereocenters. The fraction of sp³-hybridized carbons (Fsp3) is 0.154. The summed E-state index contributed by atoms with van der Waals surface area (Å²) in [6.45, 7) is 0. The van der Waals surface area contributed by atoms with Crippen LogP contribution in [-0.4, -0.2) is 13.2 Å². The number of ether oxygens (including phenoxy) is 1. The Balaban J connectivity index is 2.09. The molecule has 0 fully saturated rings. The molecule has 2 rings (SSSR count). The van der Waals surface area contributed by atoms with E-state index in [2.05, 4.69) is 10.1 Å². The van der Waals surface area contributed by atoms with Gasteiger partial charge in [0.1, 0.15) is 0 Å². The molecule has 1 aromatic carbocycles. The number of amides is 1. The Bertz CT molecular complexity index is 551. The molecule has 18 heavy (non-hydrogen) atoms. The summed E-state index contributed by atoms with van der Waals surface area (Å²) >= 11 is 1.57. The van der Waals surface area contributed by atoms with Crippen molar-refractivity contribution in [2.45, 2.75) is 6.42 Å². The molecule has 1 amide bonds. The van der Waals surface area contributed by atoms with Gasteiger partial charge in [0.2, 0.25) is 0 Å². The average molecular weight is 262 g/mol. The molecule has 0 bridgehead atoms. The van der Waals surface area contributed by atoms with E-state index in [0.29, 0.717) is 0 Å². The second-order valence-electron chi connectivity index (χ2n) is 3.80. The molecular formula is C13H14N2O2S. The van der Waals surface area contributed by atoms with Crippen LogP contribution in [0.4, 0.5) is 15.5 Å². The van der Waals surface area contributed by atoms with Crippen LogP contribution in [-0.2, 0) is 11.2 Å². The van der Waals surface area contributed by atoms with Gasteiger partial charge in [0.25, 0.3) is 0 Å². The summed E-state index contributed by atoms with van der Waals surface area (Å²) in [6.07, 6.45) is 0.339. The third-order valence-electron chi connectivity index (χ3n) is 2.42. The van der Waals surface area contributed by atoms with E-state index >= 15 is 0 Å². The Labute approximate surface area is 109 Å². The van der Waals surface area contributed by atoms with Gasteiger partial charge in [0.15, 0.2) is 0 Å². The normalized spacial score (nSPS) is 10.1. The lowest BCUT2D eigenvalue weighted by atomic mass is 10.1. The maximum atomic E-state index is 11.1. The first-order valence-corrected chi connectivity index (χ1v) is 6.27. The highest BCUT2D eigenvalue weighted by Crippen LogP contribution is 2.22. The van der Waals surface area contributed by atoms with Gasteiger partial charge in [-0.2, -0.15) is 0 Å². The zero-order chi connectivity index (χ0) is 13.0. The number of rotatable bonds is 3. The number of thiophene rings is 1.